The van der Waals surface area contributed by atoms with Gasteiger partial charge in [0, 0.05) is 0 Å². The maximum Gasteiger partial charge on any atom is 4.00 e. The van der Waals surface area contributed by atoms with E-state index in [1.165, 1.54) is 0 Å². The normalized spacial score (nSPS) is 10.4. The molecule has 2 aromatic carbocycles. The van der Waals surface area contributed by atoms with Crippen LogP contribution in [0.4, 0.5) is 11.4 Å². The second-order valence-corrected chi connectivity index (χ2v) is 11.5. The molecular weight excluding hydrogens is 598 g/mol. The van der Waals surface area contributed by atoms with Crippen LogP contribution in [0.25, 0.3) is 20.8 Å². The number of nitrogens with zero attached hydrogens (tertiary/aromatic N) is 4. The summed E-state index contributed by atoms with van der Waals surface area (Å²) < 4.78 is 45.2. The first-order valence-electron chi connectivity index (χ1n) is 13.2. The minimum Gasteiger partial charge on any atom is -0.668 e. The van der Waals surface area contributed by atoms with E-state index >= 15 is 0 Å². The molecule has 0 aliphatic heterocycles. The second-order valence-electron chi connectivity index (χ2n) is 8.18. The van der Waals surface area contributed by atoms with Gasteiger partial charge >= 0.3 is 21.7 Å². The Morgan fingerprint density at radius 2 is 0.732 bits per heavy atom. The molecule has 10 nitrogen and oxygen atoms in total. The Hall–Kier alpha value is -1.03. The SMILES string of the molecule is CCOP(=O)([N-]c1c(C)cccc1C)OCC.CCOP(=O)([N-]c1c(C)cccc1C)OCC.C[N-]C.C[N-]C.[Ti+4]. The van der Waals surface area contributed by atoms with Crippen molar-refractivity contribution in [1.29, 1.82) is 0 Å². The molecule has 2 aromatic rings. The maximum atomic E-state index is 12.3. The van der Waals surface area contributed by atoms with Crippen LogP contribution in [-0.4, -0.2) is 54.6 Å². The molecule has 13 heteroatoms. The largest absolute Gasteiger partial charge is 4.00 e. The average molecular weight is 649 g/mol. The molecule has 232 valence electrons. The Kier molecular flexibility index (Phi) is 27.6. The van der Waals surface area contributed by atoms with Crippen molar-refractivity contribution in [3.05, 3.63) is 79.5 Å². The summed E-state index contributed by atoms with van der Waals surface area (Å²) in [5.74, 6) is 0. The van der Waals surface area contributed by atoms with Crippen molar-refractivity contribution in [3.8, 4) is 0 Å². The predicted molar refractivity (Wildman–Crippen MR) is 170 cm³/mol. The van der Waals surface area contributed by atoms with Crippen LogP contribution in [0.5, 0.6) is 0 Å². The summed E-state index contributed by atoms with van der Waals surface area (Å²) >= 11 is 0. The van der Waals surface area contributed by atoms with Gasteiger partial charge in [0.25, 0.3) is 15.5 Å². The molecule has 0 saturated heterocycles. The molecule has 0 bridgehead atoms. The Labute approximate surface area is 264 Å². The molecule has 0 unspecified atom stereocenters. The zero-order valence-corrected chi connectivity index (χ0v) is 30.3. The predicted octanol–water partition coefficient (Wildman–Crippen LogP) is 10.2. The third-order valence-corrected chi connectivity index (χ3v) is 7.72. The van der Waals surface area contributed by atoms with E-state index in [2.05, 4.69) is 20.8 Å². The summed E-state index contributed by atoms with van der Waals surface area (Å²) in [7, 11) is 0.260. The van der Waals surface area contributed by atoms with E-state index in [0.29, 0.717) is 37.8 Å². The standard InChI is InChI=1S/2C12H19NO3P.2C2H6N.Ti/c2*1-5-15-17(14,16-6-2)13-12-10(3)8-7-9-11(12)4;2*1-3-2;/h2*7-9H,5-6H2,1-4H3;2*1-2H3;/q4*-1;+4. The van der Waals surface area contributed by atoms with Crippen LogP contribution >= 0.6 is 15.5 Å². The van der Waals surface area contributed by atoms with Crippen molar-refractivity contribution in [1.82, 2.24) is 0 Å². The number of hydrogen-bond donors (Lipinski definition) is 0. The van der Waals surface area contributed by atoms with E-state index in [9.17, 15) is 9.13 Å². The van der Waals surface area contributed by atoms with Crippen LogP contribution in [-0.2, 0) is 48.9 Å². The summed E-state index contributed by atoms with van der Waals surface area (Å²) in [5.41, 5.74) is 5.24. The van der Waals surface area contributed by atoms with Gasteiger partial charge in [0.05, 0.1) is 26.4 Å². The van der Waals surface area contributed by atoms with Gasteiger partial charge in [-0.25, -0.2) is 0 Å². The van der Waals surface area contributed by atoms with E-state index in [0.717, 1.165) is 22.3 Å². The zero-order valence-electron chi connectivity index (χ0n) is 26.9. The Morgan fingerprint density at radius 3 is 0.902 bits per heavy atom. The van der Waals surface area contributed by atoms with Gasteiger partial charge in [0.1, 0.15) is 0 Å². The maximum absolute atomic E-state index is 12.3. The summed E-state index contributed by atoms with van der Waals surface area (Å²) in [5, 5.41) is 15.4. The van der Waals surface area contributed by atoms with Crippen LogP contribution in [0.1, 0.15) is 49.9 Å². The molecule has 2 rings (SSSR count). The average Bonchev–Trinajstić information content (AvgIpc) is 2.86. The quantitative estimate of drug-likeness (QED) is 0.166. The van der Waals surface area contributed by atoms with Gasteiger partial charge in [-0.1, -0.05) is 58.7 Å². The molecule has 0 spiro atoms. The Morgan fingerprint density at radius 1 is 0.537 bits per heavy atom. The number of hydrogen-bond acceptors (Lipinski definition) is 6. The molecule has 0 aliphatic carbocycles. The fraction of sp³-hybridized carbons (Fsp3) is 0.571. The topological polar surface area (TPSA) is 127 Å². The summed E-state index contributed by atoms with van der Waals surface area (Å²) in [6.07, 6.45) is 0. The number of benzene rings is 2. The van der Waals surface area contributed by atoms with E-state index in [4.69, 9.17) is 18.1 Å². The van der Waals surface area contributed by atoms with Gasteiger partial charge in [0.2, 0.25) is 0 Å². The molecule has 41 heavy (non-hydrogen) atoms. The molecule has 0 aromatic heterocycles. The third-order valence-electron chi connectivity index (χ3n) is 4.49. The van der Waals surface area contributed by atoms with E-state index in [-0.39, 0.29) is 21.7 Å². The van der Waals surface area contributed by atoms with Crippen LogP contribution in [0, 0.1) is 27.7 Å². The molecule has 0 saturated carbocycles. The molecule has 0 N–H and O–H groups in total. The first-order chi connectivity index (χ1) is 18.9. The summed E-state index contributed by atoms with van der Waals surface area (Å²) in [6.45, 7) is 16.0. The van der Waals surface area contributed by atoms with Gasteiger partial charge in [0.15, 0.2) is 0 Å². The Balaban J connectivity index is -0.000000578. The van der Waals surface area contributed by atoms with Crippen LogP contribution in [0.2, 0.25) is 0 Å². The second kappa shape index (κ2) is 25.5. The molecule has 0 atom stereocenters. The fourth-order valence-electron chi connectivity index (χ4n) is 3.01. The van der Waals surface area contributed by atoms with Gasteiger partial charge in [-0.05, 0) is 55.4 Å². The van der Waals surface area contributed by atoms with Gasteiger partial charge in [-0.15, -0.1) is 11.4 Å². The monoisotopic (exact) mass is 648 g/mol. The molecule has 0 fully saturated rings. The molecule has 0 amide bonds. The van der Waals surface area contributed by atoms with E-state index in [1.54, 1.807) is 55.9 Å². The number of rotatable bonds is 12. The van der Waals surface area contributed by atoms with Crippen LogP contribution in [0.3, 0.4) is 0 Å². The molecule has 0 radical (unpaired) electrons. The number of aryl methyl sites for hydroxylation is 4. The van der Waals surface area contributed by atoms with Gasteiger partial charge in [-0.2, -0.15) is 28.2 Å². The fourth-order valence-corrected chi connectivity index (χ4v) is 5.82. The minimum atomic E-state index is -3.37. The van der Waals surface area contributed by atoms with Gasteiger partial charge < -0.3 is 38.9 Å². The van der Waals surface area contributed by atoms with E-state index in [1.807, 2.05) is 64.1 Å². The first-order valence-corrected chi connectivity index (χ1v) is 16.2. The van der Waals surface area contributed by atoms with Crippen molar-refractivity contribution >= 4 is 26.9 Å². The first kappa shape index (κ1) is 44.4. The molecule has 0 heterocycles. The van der Waals surface area contributed by atoms with Crippen molar-refractivity contribution in [2.24, 2.45) is 0 Å². The Bertz CT molecular complexity index is 905. The summed E-state index contributed by atoms with van der Waals surface area (Å²) in [6, 6.07) is 11.6. The van der Waals surface area contributed by atoms with Crippen LogP contribution < -0.4 is 0 Å². The third kappa shape index (κ3) is 19.0. The van der Waals surface area contributed by atoms with Crippen molar-refractivity contribution in [3.63, 3.8) is 0 Å². The summed E-state index contributed by atoms with van der Waals surface area (Å²) in [4.78, 5) is 0. The van der Waals surface area contributed by atoms with Gasteiger partial charge in [-0.3, -0.25) is 9.13 Å². The molecular formula is C28H50N4O6P2Ti. The van der Waals surface area contributed by atoms with Crippen molar-refractivity contribution < 1.29 is 48.9 Å². The van der Waals surface area contributed by atoms with Crippen molar-refractivity contribution in [2.45, 2.75) is 55.4 Å². The minimum absolute atomic E-state index is 0. The van der Waals surface area contributed by atoms with E-state index < -0.39 is 15.5 Å². The zero-order chi connectivity index (χ0) is 31.2. The van der Waals surface area contributed by atoms with Crippen LogP contribution in [0.15, 0.2) is 36.4 Å². The smallest absolute Gasteiger partial charge is 0.668 e. The van der Waals surface area contributed by atoms with Crippen molar-refractivity contribution in [2.75, 3.05) is 54.6 Å². The molecule has 0 aliphatic rings.